The second-order valence-corrected chi connectivity index (χ2v) is 4.91. The normalized spacial score (nSPS) is 12.4. The maximum absolute atomic E-state index is 11.6. The number of phenolic OH excluding ortho intramolecular Hbond substituents is 1. The molecule has 3 nitrogen and oxygen atoms in total. The van der Waals surface area contributed by atoms with Crippen LogP contribution in [-0.4, -0.2) is 16.7 Å². The van der Waals surface area contributed by atoms with Gasteiger partial charge in [-0.15, -0.1) is 0 Å². The Morgan fingerprint density at radius 2 is 1.76 bits per heavy atom. The molecule has 0 spiro atoms. The van der Waals surface area contributed by atoms with Crippen LogP contribution in [0.3, 0.4) is 0 Å². The van der Waals surface area contributed by atoms with Gasteiger partial charge in [0.05, 0.1) is 0 Å². The molecule has 1 aromatic rings. The lowest BCUT2D eigenvalue weighted by atomic mass is 10.1. The Morgan fingerprint density at radius 1 is 1.24 bits per heavy atom. The van der Waals surface area contributed by atoms with Crippen molar-refractivity contribution in [3.05, 3.63) is 35.9 Å². The predicted octanol–water partition coefficient (Wildman–Crippen LogP) is 3.14. The highest BCUT2D eigenvalue weighted by Crippen LogP contribution is 2.18. The molecule has 1 N–H and O–H groups in total. The van der Waals surface area contributed by atoms with Crippen molar-refractivity contribution in [2.24, 2.45) is 0 Å². The van der Waals surface area contributed by atoms with Gasteiger partial charge in [0.1, 0.15) is 11.4 Å². The number of ether oxygens (including phenoxy) is 1. The van der Waals surface area contributed by atoms with Crippen molar-refractivity contribution < 1.29 is 14.6 Å². The molecule has 1 aromatic carbocycles. The Morgan fingerprint density at radius 3 is 2.24 bits per heavy atom. The summed E-state index contributed by atoms with van der Waals surface area (Å²) in [5, 5.41) is 9.16. The number of benzene rings is 1. The number of hydrogen-bond donors (Lipinski definition) is 1. The molecule has 1 rings (SSSR count). The molecular formula is C14H18O3. The van der Waals surface area contributed by atoms with E-state index in [4.69, 9.17) is 9.84 Å². The molecule has 0 fully saturated rings. The molecule has 17 heavy (non-hydrogen) atoms. The van der Waals surface area contributed by atoms with Crippen molar-refractivity contribution in [3.8, 4) is 5.75 Å². The fourth-order valence-corrected chi connectivity index (χ4v) is 1.32. The van der Waals surface area contributed by atoms with Gasteiger partial charge in [0.2, 0.25) is 0 Å². The van der Waals surface area contributed by atoms with Crippen molar-refractivity contribution >= 4 is 11.5 Å². The first-order valence-corrected chi connectivity index (χ1v) is 5.48. The van der Waals surface area contributed by atoms with Crippen LogP contribution in [0, 0.1) is 0 Å². The number of rotatable bonds is 2. The highest BCUT2D eigenvalue weighted by atomic mass is 16.6. The molecule has 0 aromatic heterocycles. The minimum Gasteiger partial charge on any atom is -0.508 e. The molecular weight excluding hydrogens is 216 g/mol. The summed E-state index contributed by atoms with van der Waals surface area (Å²) in [7, 11) is 0. The zero-order valence-corrected chi connectivity index (χ0v) is 10.7. The molecule has 3 heteroatoms. The van der Waals surface area contributed by atoms with Crippen LogP contribution in [0.1, 0.15) is 33.3 Å². The Labute approximate surface area is 102 Å². The Bertz CT molecular complexity index is 422. The molecule has 0 atom stereocenters. The van der Waals surface area contributed by atoms with Gasteiger partial charge in [-0.2, -0.15) is 0 Å². The third-order valence-electron chi connectivity index (χ3n) is 2.06. The second-order valence-electron chi connectivity index (χ2n) is 4.91. The summed E-state index contributed by atoms with van der Waals surface area (Å²) in [6.45, 7) is 7.31. The van der Waals surface area contributed by atoms with Gasteiger partial charge in [-0.3, -0.25) is 0 Å². The Kier molecular flexibility index (Phi) is 3.94. The largest absolute Gasteiger partial charge is 0.508 e. The minimum atomic E-state index is -0.483. The highest BCUT2D eigenvalue weighted by molar-refractivity contribution is 5.91. The molecule has 0 saturated heterocycles. The van der Waals surface area contributed by atoms with E-state index in [2.05, 4.69) is 0 Å². The van der Waals surface area contributed by atoms with E-state index in [1.807, 2.05) is 27.7 Å². The zero-order valence-electron chi connectivity index (χ0n) is 10.7. The number of esters is 1. The van der Waals surface area contributed by atoms with Gasteiger partial charge in [-0.1, -0.05) is 12.1 Å². The van der Waals surface area contributed by atoms with E-state index in [0.717, 1.165) is 11.1 Å². The zero-order chi connectivity index (χ0) is 13.1. The lowest BCUT2D eigenvalue weighted by Gasteiger charge is -2.18. The molecule has 0 bridgehead atoms. The van der Waals surface area contributed by atoms with Crippen LogP contribution in [0.15, 0.2) is 30.3 Å². The lowest BCUT2D eigenvalue weighted by Crippen LogP contribution is -2.22. The first-order valence-electron chi connectivity index (χ1n) is 5.48. The Hall–Kier alpha value is -1.77. The molecule has 0 aliphatic rings. The summed E-state index contributed by atoms with van der Waals surface area (Å²) in [6.07, 6.45) is 1.46. The summed E-state index contributed by atoms with van der Waals surface area (Å²) in [4.78, 5) is 11.6. The average Bonchev–Trinajstić information content (AvgIpc) is 2.15. The van der Waals surface area contributed by atoms with Crippen LogP contribution in [0.4, 0.5) is 0 Å². The van der Waals surface area contributed by atoms with Crippen molar-refractivity contribution in [2.45, 2.75) is 33.3 Å². The standard InChI is InChI=1S/C14H18O3/c1-10(9-13(16)17-14(2,3)4)11-5-7-12(15)8-6-11/h5-9,15H,1-4H3. The molecule has 0 radical (unpaired) electrons. The number of carbonyl (C=O) groups is 1. The lowest BCUT2D eigenvalue weighted by molar-refractivity contribution is -0.148. The summed E-state index contributed by atoms with van der Waals surface area (Å²) >= 11 is 0. The Balaban J connectivity index is 2.79. The molecule has 0 heterocycles. The van der Waals surface area contributed by atoms with Gasteiger partial charge in [-0.25, -0.2) is 4.79 Å². The van der Waals surface area contributed by atoms with E-state index in [9.17, 15) is 4.79 Å². The van der Waals surface area contributed by atoms with E-state index >= 15 is 0 Å². The van der Waals surface area contributed by atoms with E-state index in [0.29, 0.717) is 0 Å². The highest BCUT2D eigenvalue weighted by Gasteiger charge is 2.14. The maximum atomic E-state index is 11.6. The van der Waals surface area contributed by atoms with Gasteiger partial charge < -0.3 is 9.84 Å². The van der Waals surface area contributed by atoms with Crippen LogP contribution >= 0.6 is 0 Å². The summed E-state index contributed by atoms with van der Waals surface area (Å²) in [5.74, 6) is -0.151. The average molecular weight is 234 g/mol. The minimum absolute atomic E-state index is 0.207. The van der Waals surface area contributed by atoms with Gasteiger partial charge >= 0.3 is 5.97 Å². The topological polar surface area (TPSA) is 46.5 Å². The smallest absolute Gasteiger partial charge is 0.331 e. The molecule has 0 aliphatic carbocycles. The monoisotopic (exact) mass is 234 g/mol. The van der Waals surface area contributed by atoms with Gasteiger partial charge in [0.25, 0.3) is 0 Å². The number of carbonyl (C=O) groups excluding carboxylic acids is 1. The van der Waals surface area contributed by atoms with Crippen molar-refractivity contribution in [1.29, 1.82) is 0 Å². The van der Waals surface area contributed by atoms with E-state index in [1.165, 1.54) is 6.08 Å². The molecule has 92 valence electrons. The van der Waals surface area contributed by atoms with Crippen molar-refractivity contribution in [2.75, 3.05) is 0 Å². The number of hydrogen-bond acceptors (Lipinski definition) is 3. The van der Waals surface area contributed by atoms with Gasteiger partial charge in [0.15, 0.2) is 0 Å². The van der Waals surface area contributed by atoms with Gasteiger partial charge in [0, 0.05) is 6.08 Å². The number of allylic oxidation sites excluding steroid dienone is 1. The van der Waals surface area contributed by atoms with Crippen LogP contribution in [-0.2, 0) is 9.53 Å². The van der Waals surface area contributed by atoms with Crippen LogP contribution in [0.2, 0.25) is 0 Å². The van der Waals surface area contributed by atoms with Gasteiger partial charge in [-0.05, 0) is 51.0 Å². The predicted molar refractivity (Wildman–Crippen MR) is 67.6 cm³/mol. The molecule has 0 saturated carbocycles. The molecule has 0 amide bonds. The third-order valence-corrected chi connectivity index (χ3v) is 2.06. The quantitative estimate of drug-likeness (QED) is 0.631. The van der Waals surface area contributed by atoms with Crippen molar-refractivity contribution in [1.82, 2.24) is 0 Å². The van der Waals surface area contributed by atoms with E-state index in [1.54, 1.807) is 24.3 Å². The number of phenols is 1. The maximum Gasteiger partial charge on any atom is 0.331 e. The summed E-state index contributed by atoms with van der Waals surface area (Å²) < 4.78 is 5.19. The number of aromatic hydroxyl groups is 1. The fourth-order valence-electron chi connectivity index (χ4n) is 1.32. The summed E-state index contributed by atoms with van der Waals surface area (Å²) in [5.41, 5.74) is 1.20. The molecule has 0 unspecified atom stereocenters. The first-order chi connectivity index (χ1) is 7.78. The summed E-state index contributed by atoms with van der Waals surface area (Å²) in [6, 6.07) is 6.68. The first kappa shape index (κ1) is 13.3. The fraction of sp³-hybridized carbons (Fsp3) is 0.357. The van der Waals surface area contributed by atoms with Crippen molar-refractivity contribution in [3.63, 3.8) is 0 Å². The second kappa shape index (κ2) is 5.04. The van der Waals surface area contributed by atoms with Crippen LogP contribution < -0.4 is 0 Å². The molecule has 0 aliphatic heterocycles. The van der Waals surface area contributed by atoms with Crippen LogP contribution in [0.5, 0.6) is 5.75 Å². The van der Waals surface area contributed by atoms with Crippen LogP contribution in [0.25, 0.3) is 5.57 Å². The third kappa shape index (κ3) is 4.72. The van der Waals surface area contributed by atoms with E-state index in [-0.39, 0.29) is 11.7 Å². The van der Waals surface area contributed by atoms with E-state index < -0.39 is 5.60 Å². The SMILES string of the molecule is CC(=CC(=O)OC(C)(C)C)c1ccc(O)cc1.